The molecule has 2 aromatic rings. The van der Waals surface area contributed by atoms with Crippen LogP contribution in [0.5, 0.6) is 0 Å². The molecule has 0 unspecified atom stereocenters. The minimum atomic E-state index is 0.407. The molecular weight excluding hydrogens is 218 g/mol. The average molecular weight is 233 g/mol. The Bertz CT molecular complexity index is 483. The van der Waals surface area contributed by atoms with Gasteiger partial charge >= 0.3 is 0 Å². The Kier molecular flexibility index (Phi) is 3.24. The third-order valence-electron chi connectivity index (χ3n) is 2.44. The minimum Gasteiger partial charge on any atom is -0.472 e. The van der Waals surface area contributed by atoms with Crippen molar-refractivity contribution < 1.29 is 4.42 Å². The first-order chi connectivity index (χ1) is 8.20. The van der Waals surface area contributed by atoms with Crippen molar-refractivity contribution in [3.8, 4) is 0 Å². The lowest BCUT2D eigenvalue weighted by molar-refractivity contribution is 0.563. The van der Waals surface area contributed by atoms with Crippen LogP contribution in [0.15, 0.2) is 29.2 Å². The van der Waals surface area contributed by atoms with Gasteiger partial charge in [-0.2, -0.15) is 4.98 Å². The van der Waals surface area contributed by atoms with Gasteiger partial charge in [0, 0.05) is 30.9 Å². The van der Waals surface area contributed by atoms with Gasteiger partial charge in [0.15, 0.2) is 0 Å². The highest BCUT2D eigenvalue weighted by molar-refractivity contribution is 5.48. The number of nitrogens with one attached hydrogen (secondary N) is 1. The summed E-state index contributed by atoms with van der Waals surface area (Å²) in [7, 11) is 1.96. The second-order valence-electron chi connectivity index (χ2n) is 3.83. The molecule has 6 heteroatoms. The summed E-state index contributed by atoms with van der Waals surface area (Å²) in [5, 5.41) is 0. The molecule has 0 saturated heterocycles. The van der Waals surface area contributed by atoms with Gasteiger partial charge in [-0.1, -0.05) is 0 Å². The number of rotatable bonds is 4. The molecule has 0 fully saturated rings. The Hall–Kier alpha value is -2.08. The Labute approximate surface area is 99.4 Å². The molecule has 0 aromatic carbocycles. The van der Waals surface area contributed by atoms with E-state index < -0.39 is 0 Å². The topological polar surface area (TPSA) is 80.2 Å². The van der Waals surface area contributed by atoms with Crippen LogP contribution in [0.25, 0.3) is 0 Å². The quantitative estimate of drug-likeness (QED) is 0.612. The maximum Gasteiger partial charge on any atom is 0.239 e. The van der Waals surface area contributed by atoms with Gasteiger partial charge in [0.25, 0.3) is 0 Å². The lowest BCUT2D eigenvalue weighted by Crippen LogP contribution is -2.20. The molecule has 6 nitrogen and oxygen atoms in total. The molecule has 0 amide bonds. The van der Waals surface area contributed by atoms with Crippen molar-refractivity contribution in [3.63, 3.8) is 0 Å². The fourth-order valence-electron chi connectivity index (χ4n) is 1.62. The Balaban J connectivity index is 2.20. The van der Waals surface area contributed by atoms with E-state index in [4.69, 9.17) is 10.3 Å². The van der Waals surface area contributed by atoms with E-state index in [2.05, 4.69) is 15.4 Å². The molecule has 2 rings (SSSR count). The lowest BCUT2D eigenvalue weighted by Gasteiger charge is -2.19. The van der Waals surface area contributed by atoms with Crippen LogP contribution in [-0.4, -0.2) is 17.0 Å². The molecule has 0 saturated carbocycles. The van der Waals surface area contributed by atoms with Crippen LogP contribution in [0.2, 0.25) is 0 Å². The van der Waals surface area contributed by atoms with Gasteiger partial charge in [-0.25, -0.2) is 10.8 Å². The lowest BCUT2D eigenvalue weighted by atomic mass is 10.3. The second kappa shape index (κ2) is 4.84. The van der Waals surface area contributed by atoms with E-state index in [-0.39, 0.29) is 0 Å². The molecule has 0 aliphatic carbocycles. The van der Waals surface area contributed by atoms with Crippen LogP contribution in [0, 0.1) is 6.92 Å². The Morgan fingerprint density at radius 2 is 2.35 bits per heavy atom. The van der Waals surface area contributed by atoms with Crippen LogP contribution in [0.3, 0.4) is 0 Å². The first kappa shape index (κ1) is 11.4. The van der Waals surface area contributed by atoms with Crippen LogP contribution < -0.4 is 16.2 Å². The van der Waals surface area contributed by atoms with Crippen molar-refractivity contribution in [2.24, 2.45) is 5.84 Å². The van der Waals surface area contributed by atoms with E-state index in [0.29, 0.717) is 5.95 Å². The zero-order valence-electron chi connectivity index (χ0n) is 9.84. The smallest absolute Gasteiger partial charge is 0.239 e. The van der Waals surface area contributed by atoms with Gasteiger partial charge in [0.2, 0.25) is 5.95 Å². The Morgan fingerprint density at radius 1 is 1.53 bits per heavy atom. The number of hydrazine groups is 1. The number of nitrogens with two attached hydrogens (primary N) is 1. The molecule has 0 spiro atoms. The van der Waals surface area contributed by atoms with Gasteiger partial charge in [0.1, 0.15) is 5.82 Å². The summed E-state index contributed by atoms with van der Waals surface area (Å²) in [5.41, 5.74) is 4.53. The van der Waals surface area contributed by atoms with Crippen LogP contribution in [0.4, 0.5) is 11.8 Å². The number of furan rings is 1. The van der Waals surface area contributed by atoms with Crippen molar-refractivity contribution in [2.45, 2.75) is 13.5 Å². The number of aryl methyl sites for hydroxylation is 1. The van der Waals surface area contributed by atoms with E-state index >= 15 is 0 Å². The van der Waals surface area contributed by atoms with Crippen molar-refractivity contribution in [2.75, 3.05) is 17.4 Å². The highest BCUT2D eigenvalue weighted by Crippen LogP contribution is 2.18. The maximum atomic E-state index is 5.30. The Morgan fingerprint density at radius 3 is 3.00 bits per heavy atom. The molecule has 2 heterocycles. The highest BCUT2D eigenvalue weighted by Gasteiger charge is 2.09. The molecule has 3 N–H and O–H groups in total. The molecule has 0 aliphatic heterocycles. The third kappa shape index (κ3) is 2.54. The SMILES string of the molecule is Cc1cnc(NN)nc1N(C)Cc1ccoc1. The van der Waals surface area contributed by atoms with Gasteiger partial charge in [-0.3, -0.25) is 5.43 Å². The summed E-state index contributed by atoms with van der Waals surface area (Å²) in [6.45, 7) is 2.68. The molecule has 90 valence electrons. The second-order valence-corrected chi connectivity index (χ2v) is 3.83. The summed E-state index contributed by atoms with van der Waals surface area (Å²) in [4.78, 5) is 10.4. The number of nitrogens with zero attached hydrogens (tertiary/aromatic N) is 3. The largest absolute Gasteiger partial charge is 0.472 e. The van der Waals surface area contributed by atoms with Crippen molar-refractivity contribution in [1.82, 2.24) is 9.97 Å². The summed E-state index contributed by atoms with van der Waals surface area (Å²) in [5.74, 6) is 6.55. The van der Waals surface area contributed by atoms with E-state index in [0.717, 1.165) is 23.5 Å². The number of hydrogen-bond acceptors (Lipinski definition) is 6. The fourth-order valence-corrected chi connectivity index (χ4v) is 1.62. The predicted octanol–water partition coefficient (Wildman–Crippen LogP) is 1.30. The molecular formula is C11H15N5O. The normalized spacial score (nSPS) is 10.3. The summed E-state index contributed by atoms with van der Waals surface area (Å²) < 4.78 is 5.03. The van der Waals surface area contributed by atoms with Gasteiger partial charge < -0.3 is 9.32 Å². The highest BCUT2D eigenvalue weighted by atomic mass is 16.3. The van der Waals surface area contributed by atoms with Crippen LogP contribution in [-0.2, 0) is 6.54 Å². The monoisotopic (exact) mass is 233 g/mol. The van der Waals surface area contributed by atoms with Crippen LogP contribution in [0.1, 0.15) is 11.1 Å². The fraction of sp³-hybridized carbons (Fsp3) is 0.273. The average Bonchev–Trinajstić information content (AvgIpc) is 2.82. The van der Waals surface area contributed by atoms with Gasteiger partial charge in [-0.15, -0.1) is 0 Å². The molecule has 0 bridgehead atoms. The van der Waals surface area contributed by atoms with Crippen molar-refractivity contribution in [3.05, 3.63) is 35.9 Å². The molecule has 17 heavy (non-hydrogen) atoms. The van der Waals surface area contributed by atoms with Crippen molar-refractivity contribution in [1.29, 1.82) is 0 Å². The zero-order chi connectivity index (χ0) is 12.3. The molecule has 0 aliphatic rings. The summed E-state index contributed by atoms with van der Waals surface area (Å²) in [6.07, 6.45) is 5.11. The maximum absolute atomic E-state index is 5.30. The zero-order valence-corrected chi connectivity index (χ0v) is 9.84. The number of hydrogen-bond donors (Lipinski definition) is 2. The standard InChI is InChI=1S/C11H15N5O/c1-8-5-13-11(15-12)14-10(8)16(2)6-9-3-4-17-7-9/h3-5,7H,6,12H2,1-2H3,(H,13,14,15). The van der Waals surface area contributed by atoms with Crippen LogP contribution >= 0.6 is 0 Å². The third-order valence-corrected chi connectivity index (χ3v) is 2.44. The summed E-state index contributed by atoms with van der Waals surface area (Å²) >= 11 is 0. The molecule has 2 aromatic heterocycles. The molecule has 0 atom stereocenters. The van der Waals surface area contributed by atoms with E-state index in [1.54, 1.807) is 18.7 Å². The predicted molar refractivity (Wildman–Crippen MR) is 65.4 cm³/mol. The van der Waals surface area contributed by atoms with Gasteiger partial charge in [-0.05, 0) is 13.0 Å². The van der Waals surface area contributed by atoms with Crippen molar-refractivity contribution >= 4 is 11.8 Å². The number of aromatic nitrogens is 2. The van der Waals surface area contributed by atoms with E-state index in [1.165, 1.54) is 0 Å². The minimum absolute atomic E-state index is 0.407. The number of anilines is 2. The van der Waals surface area contributed by atoms with E-state index in [9.17, 15) is 0 Å². The molecule has 0 radical (unpaired) electrons. The number of nitrogen functional groups attached to an aromatic ring is 1. The first-order valence-electron chi connectivity index (χ1n) is 5.23. The van der Waals surface area contributed by atoms with E-state index in [1.807, 2.05) is 24.9 Å². The first-order valence-corrected chi connectivity index (χ1v) is 5.23. The van der Waals surface area contributed by atoms with Gasteiger partial charge in [0.05, 0.1) is 12.5 Å². The summed E-state index contributed by atoms with van der Waals surface area (Å²) in [6, 6.07) is 1.93.